The summed E-state index contributed by atoms with van der Waals surface area (Å²) in [6.45, 7) is 70.8. The minimum absolute atomic E-state index is 0.775. The largest absolute Gasteiger partial charge is 0.261 e. The van der Waals surface area contributed by atoms with Crippen LogP contribution >= 0.6 is 0 Å². The molecule has 0 bridgehead atoms. The zero-order chi connectivity index (χ0) is 77.0. The molecule has 9 heterocycles. The van der Waals surface area contributed by atoms with E-state index in [1.54, 1.807) is 55.9 Å². The molecule has 540 valence electrons. The molecule has 0 aliphatic heterocycles. The van der Waals surface area contributed by atoms with Crippen molar-refractivity contribution < 1.29 is 0 Å². The molecular formula is C80H130N18. The van der Waals surface area contributed by atoms with E-state index in [0.29, 0.717) is 0 Å². The molecule has 98 heavy (non-hydrogen) atoms. The van der Waals surface area contributed by atoms with Gasteiger partial charge in [-0.15, -0.1) is 0 Å². The van der Waals surface area contributed by atoms with Gasteiger partial charge in [0.15, 0.2) is 0 Å². The molecule has 11 rings (SSSR count). The minimum atomic E-state index is 0.775. The summed E-state index contributed by atoms with van der Waals surface area (Å²) in [4.78, 5) is 72.5. The molecule has 18 nitrogen and oxygen atoms in total. The Kier molecular flexibility index (Phi) is 73.5. The number of pyridine rings is 1. The van der Waals surface area contributed by atoms with Crippen LogP contribution in [-0.4, -0.2) is 89.7 Å². The minimum Gasteiger partial charge on any atom is -0.261 e. The third kappa shape index (κ3) is 55.9. The summed E-state index contributed by atoms with van der Waals surface area (Å²) >= 11 is 0. The number of hydrogen-bond donors (Lipinski definition) is 0. The summed E-state index contributed by atoms with van der Waals surface area (Å²) < 4.78 is 0. The molecule has 9 aromatic heterocycles. The van der Waals surface area contributed by atoms with Gasteiger partial charge in [0.05, 0.1) is 39.7 Å². The van der Waals surface area contributed by atoms with Gasteiger partial charge in [-0.3, -0.25) is 34.9 Å². The first-order valence-corrected chi connectivity index (χ1v) is 34.8. The Morgan fingerprint density at radius 2 is 0.561 bits per heavy atom. The Bertz CT molecular complexity index is 3050. The summed E-state index contributed by atoms with van der Waals surface area (Å²) in [7, 11) is 0. The van der Waals surface area contributed by atoms with Gasteiger partial charge >= 0.3 is 0 Å². The van der Waals surface area contributed by atoms with E-state index in [1.165, 1.54) is 17.1 Å². The van der Waals surface area contributed by atoms with E-state index in [-0.39, 0.29) is 0 Å². The zero-order valence-electron chi connectivity index (χ0n) is 67.8. The highest BCUT2D eigenvalue weighted by molar-refractivity contribution is 5.84. The Morgan fingerprint density at radius 3 is 0.867 bits per heavy atom. The molecule has 2 aromatic carbocycles. The molecule has 0 fully saturated rings. The summed E-state index contributed by atoms with van der Waals surface area (Å²) in [5, 5.41) is 3.67. The van der Waals surface area contributed by atoms with Crippen LogP contribution in [0.5, 0.6) is 0 Å². The van der Waals surface area contributed by atoms with Crippen molar-refractivity contribution in [2.24, 2.45) is 0 Å². The van der Waals surface area contributed by atoms with E-state index in [1.807, 2.05) is 291 Å². The monoisotopic (exact) mass is 1340 g/mol. The Balaban J connectivity index is -0.000000185. The van der Waals surface area contributed by atoms with Gasteiger partial charge in [0.25, 0.3) is 0 Å². The maximum absolute atomic E-state index is 4.40. The van der Waals surface area contributed by atoms with Gasteiger partial charge in [-0.1, -0.05) is 167 Å². The van der Waals surface area contributed by atoms with Crippen molar-refractivity contribution in [3.63, 3.8) is 0 Å². The third-order valence-corrected chi connectivity index (χ3v) is 10.2. The first-order chi connectivity index (χ1) is 47.1. The lowest BCUT2D eigenvalue weighted by Gasteiger charge is -2.01. The Morgan fingerprint density at radius 1 is 0.214 bits per heavy atom. The number of rotatable bonds is 0. The number of aromatic nitrogens is 18. The predicted octanol–water partition coefficient (Wildman–Crippen LogP) is 21.4. The third-order valence-electron chi connectivity index (χ3n) is 10.2. The highest BCUT2D eigenvalue weighted by Crippen LogP contribution is 2.17. The summed E-state index contributed by atoms with van der Waals surface area (Å²) in [5.74, 6) is 4.07. The van der Waals surface area contributed by atoms with Gasteiger partial charge in [0.1, 0.15) is 41.8 Å². The molecule has 0 saturated heterocycles. The van der Waals surface area contributed by atoms with Crippen LogP contribution in [0.2, 0.25) is 0 Å². The number of hydrogen-bond acceptors (Lipinski definition) is 18. The summed E-state index contributed by atoms with van der Waals surface area (Å²) in [6, 6.07) is 24.2. The highest BCUT2D eigenvalue weighted by atomic mass is 15.0. The lowest BCUT2D eigenvalue weighted by molar-refractivity contribution is 0.919. The van der Waals surface area contributed by atoms with Gasteiger partial charge in [0.2, 0.25) is 0 Å². The Hall–Kier alpha value is -9.32. The lowest BCUT2D eigenvalue weighted by atomic mass is 10.1. The normalized spacial score (nSPS) is 8.41. The molecule has 0 saturated carbocycles. The number of benzene rings is 2. The molecular weight excluding hydrogens is 1210 g/mol. The van der Waals surface area contributed by atoms with E-state index in [2.05, 4.69) is 121 Å². The molecule has 0 aliphatic rings. The second-order valence-electron chi connectivity index (χ2n) is 18.2. The van der Waals surface area contributed by atoms with Crippen molar-refractivity contribution in [3.8, 4) is 0 Å². The van der Waals surface area contributed by atoms with Crippen molar-refractivity contribution in [2.45, 2.75) is 249 Å². The molecule has 0 spiro atoms. The molecule has 0 amide bonds. The van der Waals surface area contributed by atoms with Crippen LogP contribution in [0.1, 0.15) is 228 Å². The van der Waals surface area contributed by atoms with Gasteiger partial charge in [-0.2, -0.15) is 0 Å². The maximum atomic E-state index is 4.40. The van der Waals surface area contributed by atoms with Crippen molar-refractivity contribution in [1.29, 1.82) is 0 Å². The van der Waals surface area contributed by atoms with Crippen LogP contribution in [0.3, 0.4) is 0 Å². The van der Waals surface area contributed by atoms with Gasteiger partial charge < -0.3 is 0 Å². The first kappa shape index (κ1) is 102. The predicted molar refractivity (Wildman–Crippen MR) is 421 cm³/mol. The molecule has 11 aromatic rings. The molecule has 0 aliphatic carbocycles. The SMILES string of the molecule is CC.CC.CC.CC.CC.CC.CC.CC.CC.Cc1cc(C)ncn1.Cc1cc2ccccc2c(C)n1.Cc1ccnc(C)n1.Cc1ccnc(C)n1.Cc1cnc(C)cn1.Cc1cnc(C)cn1.Cc1cncc(C)n1.Cc1nc(C)c2ccccc2n1.Cc1ncnc(C)n1. The smallest absolute Gasteiger partial charge is 0.129 e. The van der Waals surface area contributed by atoms with E-state index < -0.39 is 0 Å². The van der Waals surface area contributed by atoms with E-state index >= 15 is 0 Å². The quantitative estimate of drug-likeness (QED) is 0.137. The lowest BCUT2D eigenvalue weighted by Crippen LogP contribution is -1.92. The van der Waals surface area contributed by atoms with Gasteiger partial charge in [0, 0.05) is 100 Å². The van der Waals surface area contributed by atoms with Crippen LogP contribution in [0.15, 0.2) is 135 Å². The second-order valence-corrected chi connectivity index (χ2v) is 18.2. The van der Waals surface area contributed by atoms with Crippen LogP contribution < -0.4 is 0 Å². The van der Waals surface area contributed by atoms with Crippen molar-refractivity contribution in [1.82, 2.24) is 89.7 Å². The standard InChI is InChI=1S/C11H11N.C10H10N2.6C6H8N2.C5H7N3.9C2H6/c1-8-7-10-5-3-4-6-11(10)9(2)12-8;1-7-9-5-3-4-6-10(9)12-8(2)11-7;2*1-5-3-8-6(2)4-7-5;1-5-3-7-4-6(2)8-5;1-5-3-6(2)8-4-7-5;2*1-5-3-4-7-6(2)8-5;1-4-6-3-7-5(2)8-4;9*1-2/h3-7H,1-2H3;3-6H,1-2H3;6*3-4H,1-2H3;3H,1-2H3;9*1-2H3. The van der Waals surface area contributed by atoms with E-state index in [0.717, 1.165) is 114 Å². The fraction of sp³-hybridized carbons (Fsp3) is 0.450. The Labute approximate surface area is 595 Å². The molecule has 0 N–H and O–H groups in total. The number of nitrogens with zero attached hydrogens (tertiary/aromatic N) is 18. The van der Waals surface area contributed by atoms with E-state index in [4.69, 9.17) is 0 Å². The van der Waals surface area contributed by atoms with Crippen molar-refractivity contribution in [3.05, 3.63) is 238 Å². The first-order valence-electron chi connectivity index (χ1n) is 34.8. The molecule has 0 atom stereocenters. The van der Waals surface area contributed by atoms with Crippen LogP contribution in [0, 0.1) is 125 Å². The molecule has 0 unspecified atom stereocenters. The zero-order valence-corrected chi connectivity index (χ0v) is 67.8. The van der Waals surface area contributed by atoms with Gasteiger partial charge in [-0.05, 0) is 160 Å². The van der Waals surface area contributed by atoms with Crippen LogP contribution in [0.25, 0.3) is 21.7 Å². The van der Waals surface area contributed by atoms with Gasteiger partial charge in [-0.25, -0.2) is 54.8 Å². The van der Waals surface area contributed by atoms with Crippen LogP contribution in [0.4, 0.5) is 0 Å². The number of aryl methyl sites for hydroxylation is 18. The summed E-state index contributed by atoms with van der Waals surface area (Å²) in [5.41, 5.74) is 14.2. The average molecular weight is 1340 g/mol. The fourth-order valence-electron chi connectivity index (χ4n) is 6.64. The number of para-hydroxylation sites is 1. The van der Waals surface area contributed by atoms with Crippen molar-refractivity contribution >= 4 is 21.7 Å². The topological polar surface area (TPSA) is 232 Å². The van der Waals surface area contributed by atoms with Crippen LogP contribution in [-0.2, 0) is 0 Å². The molecule has 0 radical (unpaired) electrons. The van der Waals surface area contributed by atoms with E-state index in [9.17, 15) is 0 Å². The maximum Gasteiger partial charge on any atom is 0.129 e. The highest BCUT2D eigenvalue weighted by Gasteiger charge is 2.00. The molecule has 18 heteroatoms. The van der Waals surface area contributed by atoms with Crippen molar-refractivity contribution in [2.75, 3.05) is 0 Å². The fourth-order valence-corrected chi connectivity index (χ4v) is 6.64. The summed E-state index contributed by atoms with van der Waals surface area (Å²) in [6.07, 6.45) is 17.1. The number of fused-ring (bicyclic) bond motifs is 2. The second kappa shape index (κ2) is 70.5. The average Bonchev–Trinajstić information content (AvgIpc) is 0.841.